The smallest absolute Gasteiger partial charge is 0.338 e. The second-order valence-electron chi connectivity index (χ2n) is 9.12. The number of urea groups is 1. The zero-order valence-electron chi connectivity index (χ0n) is 24.2. The average Bonchev–Trinajstić information content (AvgIpc) is 3.48. The SMILES string of the molecule is CCOC(=O)C1=C(C)NC(=O)N[C@@H]1c1ccc(OCC(=O)N/N=C\c2ccc(-c3ccc(OC)cc3[N+](=O)[O-])o2)c(OC)c1. The zero-order valence-corrected chi connectivity index (χ0v) is 24.2. The van der Waals surface area contributed by atoms with Crippen LogP contribution in [0.3, 0.4) is 0 Å². The predicted molar refractivity (Wildman–Crippen MR) is 155 cm³/mol. The number of esters is 1. The van der Waals surface area contributed by atoms with Crippen LogP contribution in [0.15, 0.2) is 69.3 Å². The number of nitro groups is 1. The van der Waals surface area contributed by atoms with Crippen molar-refractivity contribution in [1.29, 1.82) is 0 Å². The molecule has 3 amide bonds. The molecule has 0 saturated heterocycles. The summed E-state index contributed by atoms with van der Waals surface area (Å²) in [5.41, 5.74) is 3.49. The summed E-state index contributed by atoms with van der Waals surface area (Å²) in [6, 6.07) is 10.9. The van der Waals surface area contributed by atoms with E-state index in [0.29, 0.717) is 17.0 Å². The molecule has 0 bridgehead atoms. The Balaban J connectivity index is 1.39. The van der Waals surface area contributed by atoms with Gasteiger partial charge in [-0.1, -0.05) is 6.07 Å². The maximum atomic E-state index is 12.6. The van der Waals surface area contributed by atoms with Gasteiger partial charge in [0.05, 0.1) is 55.2 Å². The predicted octanol–water partition coefficient (Wildman–Crippen LogP) is 3.59. The van der Waals surface area contributed by atoms with Crippen molar-refractivity contribution in [2.24, 2.45) is 5.10 Å². The third-order valence-electron chi connectivity index (χ3n) is 6.32. The first-order chi connectivity index (χ1) is 21.1. The third-order valence-corrected chi connectivity index (χ3v) is 6.32. The fourth-order valence-corrected chi connectivity index (χ4v) is 4.31. The van der Waals surface area contributed by atoms with E-state index in [1.165, 1.54) is 38.6 Å². The van der Waals surface area contributed by atoms with Crippen molar-refractivity contribution in [2.75, 3.05) is 27.4 Å². The number of nitro benzene ring substituents is 1. The van der Waals surface area contributed by atoms with Crippen molar-refractivity contribution >= 4 is 29.8 Å². The molecular formula is C29H29N5O10. The highest BCUT2D eigenvalue weighted by Crippen LogP contribution is 2.35. The Morgan fingerprint density at radius 3 is 2.61 bits per heavy atom. The van der Waals surface area contributed by atoms with Gasteiger partial charge in [-0.25, -0.2) is 15.0 Å². The van der Waals surface area contributed by atoms with Gasteiger partial charge in [0.2, 0.25) is 0 Å². The summed E-state index contributed by atoms with van der Waals surface area (Å²) < 4.78 is 26.8. The number of hydrogen-bond acceptors (Lipinski definition) is 11. The van der Waals surface area contributed by atoms with Crippen LogP contribution in [-0.4, -0.2) is 56.5 Å². The lowest BCUT2D eigenvalue weighted by Gasteiger charge is -2.28. The lowest BCUT2D eigenvalue weighted by Crippen LogP contribution is -2.45. The summed E-state index contributed by atoms with van der Waals surface area (Å²) in [5.74, 6) is 0.104. The van der Waals surface area contributed by atoms with E-state index in [-0.39, 0.29) is 46.5 Å². The molecule has 0 fully saturated rings. The number of nitrogens with one attached hydrogen (secondary N) is 3. The van der Waals surface area contributed by atoms with Crippen LogP contribution in [0.2, 0.25) is 0 Å². The van der Waals surface area contributed by atoms with E-state index >= 15 is 0 Å². The number of amides is 3. The summed E-state index contributed by atoms with van der Waals surface area (Å²) in [6.45, 7) is 3.02. The van der Waals surface area contributed by atoms with Crippen LogP contribution in [0.5, 0.6) is 17.2 Å². The third kappa shape index (κ3) is 7.13. The Hall–Kier alpha value is -5.86. The normalized spacial score (nSPS) is 14.5. The van der Waals surface area contributed by atoms with Gasteiger partial charge >= 0.3 is 12.0 Å². The first kappa shape index (κ1) is 31.1. The highest BCUT2D eigenvalue weighted by Gasteiger charge is 2.32. The summed E-state index contributed by atoms with van der Waals surface area (Å²) in [6.07, 6.45) is 1.23. The number of benzene rings is 2. The zero-order chi connectivity index (χ0) is 31.8. The Morgan fingerprint density at radius 2 is 1.91 bits per heavy atom. The lowest BCUT2D eigenvalue weighted by atomic mass is 9.95. The van der Waals surface area contributed by atoms with E-state index in [9.17, 15) is 24.5 Å². The number of carbonyl (C=O) groups is 3. The summed E-state index contributed by atoms with van der Waals surface area (Å²) in [7, 11) is 2.81. The first-order valence-corrected chi connectivity index (χ1v) is 13.2. The van der Waals surface area contributed by atoms with E-state index in [2.05, 4.69) is 21.2 Å². The lowest BCUT2D eigenvalue weighted by molar-refractivity contribution is -0.384. The minimum absolute atomic E-state index is 0.162. The molecule has 0 saturated carbocycles. The van der Waals surface area contributed by atoms with Gasteiger partial charge in [0.25, 0.3) is 11.6 Å². The number of methoxy groups -OCH3 is 2. The van der Waals surface area contributed by atoms with Crippen LogP contribution < -0.4 is 30.3 Å². The number of carbonyl (C=O) groups excluding carboxylic acids is 3. The number of furan rings is 1. The van der Waals surface area contributed by atoms with E-state index in [1.54, 1.807) is 44.2 Å². The van der Waals surface area contributed by atoms with E-state index in [4.69, 9.17) is 23.4 Å². The first-order valence-electron chi connectivity index (χ1n) is 13.2. The molecule has 0 unspecified atom stereocenters. The van der Waals surface area contributed by atoms with Crippen LogP contribution >= 0.6 is 0 Å². The molecule has 1 atom stereocenters. The fourth-order valence-electron chi connectivity index (χ4n) is 4.31. The van der Waals surface area contributed by atoms with E-state index < -0.39 is 35.5 Å². The van der Waals surface area contributed by atoms with Crippen LogP contribution in [0.1, 0.15) is 31.2 Å². The van der Waals surface area contributed by atoms with E-state index in [1.807, 2.05) is 0 Å². The van der Waals surface area contributed by atoms with Gasteiger partial charge in [0, 0.05) is 5.70 Å². The molecule has 2 aromatic carbocycles. The van der Waals surface area contributed by atoms with Gasteiger partial charge in [0.15, 0.2) is 18.1 Å². The number of nitrogens with zero attached hydrogens (tertiary/aromatic N) is 2. The second-order valence-corrected chi connectivity index (χ2v) is 9.12. The van der Waals surface area contributed by atoms with Crippen molar-refractivity contribution in [1.82, 2.24) is 16.1 Å². The minimum atomic E-state index is -0.804. The summed E-state index contributed by atoms with van der Waals surface area (Å²) in [5, 5.41) is 20.6. The molecule has 1 aromatic heterocycles. The molecule has 15 nitrogen and oxygen atoms in total. The number of rotatable bonds is 12. The second kappa shape index (κ2) is 13.9. The summed E-state index contributed by atoms with van der Waals surface area (Å²) >= 11 is 0. The molecule has 44 heavy (non-hydrogen) atoms. The molecule has 1 aliphatic heterocycles. The molecule has 3 aromatic rings. The molecule has 1 aliphatic rings. The van der Waals surface area contributed by atoms with Crippen molar-refractivity contribution in [3.63, 3.8) is 0 Å². The van der Waals surface area contributed by atoms with Crippen LogP contribution in [0, 0.1) is 10.1 Å². The molecule has 0 aliphatic carbocycles. The van der Waals surface area contributed by atoms with Gasteiger partial charge in [-0.05, 0) is 55.8 Å². The standard InChI is InChI=1S/C29H29N5O10/c1-5-42-28(36)26-16(2)31-29(37)32-27(26)17-6-10-23(24(12-17)41-4)43-15-25(35)33-30-14-19-8-11-22(44-19)20-9-7-18(40-3)13-21(20)34(38)39/h6-14,27H,5,15H2,1-4H3,(H,33,35)(H2,31,32,37)/b30-14-/t27-/m1/s1. The van der Waals surface area contributed by atoms with Crippen LogP contribution in [-0.2, 0) is 14.3 Å². The van der Waals surface area contributed by atoms with Crippen molar-refractivity contribution in [3.05, 3.63) is 81.2 Å². The van der Waals surface area contributed by atoms with Crippen molar-refractivity contribution in [3.8, 4) is 28.6 Å². The largest absolute Gasteiger partial charge is 0.497 e. The maximum absolute atomic E-state index is 12.6. The molecule has 0 spiro atoms. The van der Waals surface area contributed by atoms with Crippen LogP contribution in [0.4, 0.5) is 10.5 Å². The molecule has 4 rings (SSSR count). The number of allylic oxidation sites excluding steroid dienone is 1. The van der Waals surface area contributed by atoms with Gasteiger partial charge in [0.1, 0.15) is 17.3 Å². The molecule has 2 heterocycles. The van der Waals surface area contributed by atoms with Crippen molar-refractivity contribution < 1.29 is 42.7 Å². The topological polar surface area (TPSA) is 193 Å². The highest BCUT2D eigenvalue weighted by atomic mass is 16.6. The Morgan fingerprint density at radius 1 is 1.11 bits per heavy atom. The van der Waals surface area contributed by atoms with Crippen LogP contribution in [0.25, 0.3) is 11.3 Å². The molecule has 230 valence electrons. The number of hydrazone groups is 1. The maximum Gasteiger partial charge on any atom is 0.338 e. The molecular weight excluding hydrogens is 578 g/mol. The Labute approximate surface area is 250 Å². The summed E-state index contributed by atoms with van der Waals surface area (Å²) in [4.78, 5) is 48.0. The number of ether oxygens (including phenoxy) is 4. The monoisotopic (exact) mass is 607 g/mol. The molecule has 0 radical (unpaired) electrons. The average molecular weight is 608 g/mol. The Kier molecular flexibility index (Phi) is 9.80. The Bertz CT molecular complexity index is 1640. The van der Waals surface area contributed by atoms with Gasteiger partial charge in [-0.3, -0.25) is 14.9 Å². The quantitative estimate of drug-likeness (QED) is 0.119. The molecule has 15 heteroatoms. The van der Waals surface area contributed by atoms with Crippen molar-refractivity contribution in [2.45, 2.75) is 19.9 Å². The number of hydrogen-bond donors (Lipinski definition) is 3. The van der Waals surface area contributed by atoms with E-state index in [0.717, 1.165) is 0 Å². The van der Waals surface area contributed by atoms with Gasteiger partial charge in [-0.2, -0.15) is 5.10 Å². The highest BCUT2D eigenvalue weighted by molar-refractivity contribution is 5.95. The fraction of sp³-hybridized carbons (Fsp3) is 0.241. The van der Waals surface area contributed by atoms with Gasteiger partial charge in [-0.15, -0.1) is 0 Å². The molecule has 3 N–H and O–H groups in total. The minimum Gasteiger partial charge on any atom is -0.497 e. The van der Waals surface area contributed by atoms with Gasteiger partial charge < -0.3 is 34.0 Å².